The molecule has 0 spiro atoms. The summed E-state index contributed by atoms with van der Waals surface area (Å²) in [4.78, 5) is 0. The fourth-order valence-corrected chi connectivity index (χ4v) is 4.30. The second kappa shape index (κ2) is 5.47. The number of hydrogen-bond donors (Lipinski definition) is 0. The van der Waals surface area contributed by atoms with Crippen LogP contribution in [0.1, 0.15) is 6.92 Å². The molecule has 0 aliphatic carbocycles. The van der Waals surface area contributed by atoms with Gasteiger partial charge in [-0.2, -0.15) is 16.9 Å². The lowest BCUT2D eigenvalue weighted by Crippen LogP contribution is -1.97. The van der Waals surface area contributed by atoms with Crippen LogP contribution in [0.25, 0.3) is 0 Å². The van der Waals surface area contributed by atoms with Crippen LogP contribution >= 0.6 is 46.5 Å². The molecular weight excluding hydrogens is 332 g/mol. The minimum Gasteiger partial charge on any atom is -0.185 e. The van der Waals surface area contributed by atoms with Crippen molar-refractivity contribution in [2.45, 2.75) is 6.92 Å². The van der Waals surface area contributed by atoms with Crippen LogP contribution in [0.4, 0.5) is 0 Å². The van der Waals surface area contributed by atoms with Crippen LogP contribution in [0.15, 0.2) is 11.6 Å². The fourth-order valence-electron chi connectivity index (χ4n) is 0.941. The van der Waals surface area contributed by atoms with Gasteiger partial charge in [0.25, 0.3) is 0 Å². The van der Waals surface area contributed by atoms with Crippen LogP contribution in [0.2, 0.25) is 0 Å². The lowest BCUT2D eigenvalue weighted by molar-refractivity contribution is 1.38. The molecule has 4 heteroatoms. The van der Waals surface area contributed by atoms with Crippen molar-refractivity contribution in [2.24, 2.45) is 0 Å². The van der Waals surface area contributed by atoms with E-state index in [0.29, 0.717) is 0 Å². The predicted octanol–water partition coefficient (Wildman–Crippen LogP) is 4.68. The summed E-state index contributed by atoms with van der Waals surface area (Å²) in [5.74, 6) is 2.39. The first kappa shape index (κ1) is 14.4. The molecular formula is C9H20Br2S2. The van der Waals surface area contributed by atoms with Gasteiger partial charge >= 0.3 is 0 Å². The van der Waals surface area contributed by atoms with E-state index in [4.69, 9.17) is 0 Å². The molecule has 0 fully saturated rings. The standard InChI is InChI=1S/C9H20Br2S2/c1-9(8-13(4,5)11)6-7-12(2,3)10/h6H,7-8H2,1-5H3/b9-6+. The van der Waals surface area contributed by atoms with E-state index in [-0.39, 0.29) is 0 Å². The van der Waals surface area contributed by atoms with Crippen LogP contribution in [-0.2, 0) is 0 Å². The second-order valence-corrected chi connectivity index (χ2v) is 20.9. The van der Waals surface area contributed by atoms with Crippen molar-refractivity contribution in [3.05, 3.63) is 11.6 Å². The smallest absolute Gasteiger partial charge is 0.00666 e. The lowest BCUT2D eigenvalue weighted by Gasteiger charge is -2.24. The summed E-state index contributed by atoms with van der Waals surface area (Å²) in [5.41, 5.74) is 1.51. The summed E-state index contributed by atoms with van der Waals surface area (Å²) in [6, 6.07) is 0. The molecule has 0 unspecified atom stereocenters. The molecule has 0 aliphatic rings. The molecule has 0 saturated carbocycles. The number of hydrogen-bond acceptors (Lipinski definition) is 0. The Bertz CT molecular complexity index is 187. The molecule has 0 heterocycles. The molecule has 0 atom stereocenters. The Morgan fingerprint density at radius 1 is 1.08 bits per heavy atom. The third-order valence-electron chi connectivity index (χ3n) is 1.40. The first-order valence-corrected chi connectivity index (χ1v) is 13.0. The van der Waals surface area contributed by atoms with Gasteiger partial charge in [-0.15, -0.1) is 0 Å². The Morgan fingerprint density at radius 2 is 1.54 bits per heavy atom. The van der Waals surface area contributed by atoms with Crippen LogP contribution in [-0.4, -0.2) is 36.5 Å². The quantitative estimate of drug-likeness (QED) is 0.645. The molecule has 0 aromatic rings. The highest BCUT2D eigenvalue weighted by Crippen LogP contribution is 2.51. The van der Waals surface area contributed by atoms with E-state index in [1.807, 2.05) is 0 Å². The van der Waals surface area contributed by atoms with Crippen molar-refractivity contribution in [2.75, 3.05) is 36.5 Å². The summed E-state index contributed by atoms with van der Waals surface area (Å²) in [6.45, 7) is 2.23. The largest absolute Gasteiger partial charge is 0.185 e. The third-order valence-corrected chi connectivity index (χ3v) is 4.98. The zero-order chi connectivity index (χ0) is 10.7. The highest BCUT2D eigenvalue weighted by atomic mass is 79.9. The molecule has 0 N–H and O–H groups in total. The highest BCUT2D eigenvalue weighted by molar-refractivity contribution is 9.58. The lowest BCUT2D eigenvalue weighted by atomic mass is 10.3. The van der Waals surface area contributed by atoms with Gasteiger partial charge in [-0.3, -0.25) is 0 Å². The molecule has 0 radical (unpaired) electrons. The number of halogens is 2. The first-order chi connectivity index (χ1) is 5.60. The van der Waals surface area contributed by atoms with Crippen molar-refractivity contribution >= 4 is 46.5 Å². The van der Waals surface area contributed by atoms with Crippen molar-refractivity contribution in [1.29, 1.82) is 0 Å². The van der Waals surface area contributed by atoms with Crippen molar-refractivity contribution in [3.8, 4) is 0 Å². The maximum atomic E-state index is 3.74. The average Bonchev–Trinajstić information content (AvgIpc) is 1.78. The Labute approximate surface area is 101 Å². The molecule has 0 aromatic heterocycles. The van der Waals surface area contributed by atoms with E-state index in [1.165, 1.54) is 17.1 Å². The molecule has 0 aromatic carbocycles. The maximum Gasteiger partial charge on any atom is 0.00666 e. The summed E-state index contributed by atoms with van der Waals surface area (Å²) < 4.78 is 0. The van der Waals surface area contributed by atoms with Gasteiger partial charge in [0.2, 0.25) is 0 Å². The van der Waals surface area contributed by atoms with Gasteiger partial charge < -0.3 is 0 Å². The van der Waals surface area contributed by atoms with Crippen LogP contribution < -0.4 is 0 Å². The van der Waals surface area contributed by atoms with Gasteiger partial charge in [-0.25, -0.2) is 0 Å². The molecule has 0 saturated heterocycles. The first-order valence-electron chi connectivity index (χ1n) is 4.07. The normalized spacial score (nSPS) is 17.3. The van der Waals surface area contributed by atoms with E-state index < -0.39 is 16.9 Å². The van der Waals surface area contributed by atoms with Gasteiger partial charge in [0, 0.05) is 11.5 Å². The molecule has 82 valence electrons. The zero-order valence-electron chi connectivity index (χ0n) is 9.06. The van der Waals surface area contributed by atoms with E-state index in [2.05, 4.69) is 67.6 Å². The summed E-state index contributed by atoms with van der Waals surface area (Å²) in [6.07, 6.45) is 11.5. The van der Waals surface area contributed by atoms with Crippen LogP contribution in [0.5, 0.6) is 0 Å². The SMILES string of the molecule is C/C(=C\CS(C)(C)Br)CS(C)(C)Br. The van der Waals surface area contributed by atoms with Crippen molar-refractivity contribution in [1.82, 2.24) is 0 Å². The molecule has 13 heavy (non-hydrogen) atoms. The Hall–Kier alpha value is 1.40. The van der Waals surface area contributed by atoms with E-state index >= 15 is 0 Å². The average molecular weight is 352 g/mol. The summed E-state index contributed by atoms with van der Waals surface area (Å²) >= 11 is 7.46. The zero-order valence-corrected chi connectivity index (χ0v) is 13.9. The van der Waals surface area contributed by atoms with Gasteiger partial charge in [-0.1, -0.05) is 11.6 Å². The fraction of sp³-hybridized carbons (Fsp3) is 0.778. The summed E-state index contributed by atoms with van der Waals surface area (Å²) in [5, 5.41) is 0. The van der Waals surface area contributed by atoms with Crippen molar-refractivity contribution < 1.29 is 0 Å². The Balaban J connectivity index is 4.05. The molecule has 0 rings (SSSR count). The Morgan fingerprint density at radius 3 is 1.85 bits per heavy atom. The van der Waals surface area contributed by atoms with Crippen LogP contribution in [0.3, 0.4) is 0 Å². The molecule has 0 nitrogen and oxygen atoms in total. The topological polar surface area (TPSA) is 0 Å². The van der Waals surface area contributed by atoms with Gasteiger partial charge in [0.15, 0.2) is 0 Å². The summed E-state index contributed by atoms with van der Waals surface area (Å²) in [7, 11) is -1.10. The predicted molar refractivity (Wildman–Crippen MR) is 80.2 cm³/mol. The minimum absolute atomic E-state index is 0.545. The number of rotatable bonds is 4. The van der Waals surface area contributed by atoms with E-state index in [9.17, 15) is 0 Å². The molecule has 0 bridgehead atoms. The minimum atomic E-state index is -0.553. The van der Waals surface area contributed by atoms with Crippen LogP contribution in [0, 0.1) is 0 Å². The van der Waals surface area contributed by atoms with Gasteiger partial charge in [0.05, 0.1) is 0 Å². The van der Waals surface area contributed by atoms with Gasteiger partial charge in [0.1, 0.15) is 0 Å². The van der Waals surface area contributed by atoms with Gasteiger partial charge in [-0.05, 0) is 61.6 Å². The molecule has 0 aliphatic heterocycles. The van der Waals surface area contributed by atoms with E-state index in [0.717, 1.165) is 0 Å². The second-order valence-electron chi connectivity index (χ2n) is 4.17. The third kappa shape index (κ3) is 11.3. The van der Waals surface area contributed by atoms with Crippen molar-refractivity contribution in [3.63, 3.8) is 0 Å². The molecule has 0 amide bonds. The monoisotopic (exact) mass is 350 g/mol. The maximum absolute atomic E-state index is 3.74. The Kier molecular flexibility index (Phi) is 6.06. The van der Waals surface area contributed by atoms with E-state index in [1.54, 1.807) is 0 Å². The highest BCUT2D eigenvalue weighted by Gasteiger charge is 2.08.